The van der Waals surface area contributed by atoms with E-state index in [4.69, 9.17) is 10.1 Å². The number of thiazole rings is 1. The van der Waals surface area contributed by atoms with E-state index in [1.165, 1.54) is 36.4 Å². The fourth-order valence-electron chi connectivity index (χ4n) is 2.95. The highest BCUT2D eigenvalue weighted by atomic mass is 32.1. The molecule has 1 aliphatic heterocycles. The van der Waals surface area contributed by atoms with Crippen molar-refractivity contribution in [3.05, 3.63) is 16.1 Å². The van der Waals surface area contributed by atoms with Crippen molar-refractivity contribution in [1.82, 2.24) is 9.88 Å². The maximum atomic E-state index is 10.7. The Labute approximate surface area is 131 Å². The van der Waals surface area contributed by atoms with Crippen molar-refractivity contribution in [2.45, 2.75) is 58.4 Å². The molecule has 1 saturated heterocycles. The van der Waals surface area contributed by atoms with E-state index in [-0.39, 0.29) is 0 Å². The Morgan fingerprint density at radius 2 is 2.43 bits per heavy atom. The number of rotatable bonds is 8. The predicted molar refractivity (Wildman–Crippen MR) is 85.6 cm³/mol. The first kappa shape index (κ1) is 16.4. The standard InChI is InChI=1S/C16H26N2O2S/c1-2-3-6-15-17-14(12-21-15)11-18-9-4-5-13(10-18)7-8-16(19)20/h12-13H,2-11H2,1H3,(H,19,20). The second kappa shape index (κ2) is 8.49. The van der Waals surface area contributed by atoms with Gasteiger partial charge in [-0.05, 0) is 44.6 Å². The zero-order chi connectivity index (χ0) is 15.1. The molecular weight excluding hydrogens is 284 g/mol. The van der Waals surface area contributed by atoms with E-state index in [1.54, 1.807) is 11.3 Å². The Bertz CT molecular complexity index is 447. The minimum Gasteiger partial charge on any atom is -0.481 e. The van der Waals surface area contributed by atoms with Crippen molar-refractivity contribution in [3.63, 3.8) is 0 Å². The normalized spacial score (nSPS) is 19.8. The summed E-state index contributed by atoms with van der Waals surface area (Å²) in [5.74, 6) is -0.139. The van der Waals surface area contributed by atoms with Crippen LogP contribution in [0.15, 0.2) is 5.38 Å². The summed E-state index contributed by atoms with van der Waals surface area (Å²) in [6.45, 7) is 5.27. The highest BCUT2D eigenvalue weighted by Crippen LogP contribution is 2.23. The monoisotopic (exact) mass is 310 g/mol. The third-order valence-electron chi connectivity index (χ3n) is 4.10. The van der Waals surface area contributed by atoms with Crippen molar-refractivity contribution in [3.8, 4) is 0 Å². The van der Waals surface area contributed by atoms with Crippen molar-refractivity contribution in [2.75, 3.05) is 13.1 Å². The molecule has 1 atom stereocenters. The number of carboxylic acid groups (broad SMARTS) is 1. The maximum Gasteiger partial charge on any atom is 0.303 e. The zero-order valence-electron chi connectivity index (χ0n) is 12.9. The van der Waals surface area contributed by atoms with Gasteiger partial charge in [-0.15, -0.1) is 11.3 Å². The Balaban J connectivity index is 1.79. The minimum atomic E-state index is -0.674. The molecule has 1 fully saturated rings. The van der Waals surface area contributed by atoms with Crippen LogP contribution in [-0.4, -0.2) is 34.0 Å². The van der Waals surface area contributed by atoms with E-state index < -0.39 is 5.97 Å². The van der Waals surface area contributed by atoms with Gasteiger partial charge in [0.25, 0.3) is 0 Å². The lowest BCUT2D eigenvalue weighted by Gasteiger charge is -2.32. The number of carbonyl (C=O) groups is 1. The summed E-state index contributed by atoms with van der Waals surface area (Å²) >= 11 is 1.78. The molecule has 2 rings (SSSR count). The van der Waals surface area contributed by atoms with Crippen LogP contribution in [0.1, 0.15) is 56.2 Å². The lowest BCUT2D eigenvalue weighted by atomic mass is 9.93. The molecule has 0 saturated carbocycles. The summed E-state index contributed by atoms with van der Waals surface area (Å²) in [7, 11) is 0. The molecule has 0 aliphatic carbocycles. The number of hydrogen-bond acceptors (Lipinski definition) is 4. The summed E-state index contributed by atoms with van der Waals surface area (Å²) in [6, 6.07) is 0. The number of aromatic nitrogens is 1. The van der Waals surface area contributed by atoms with E-state index in [9.17, 15) is 4.79 Å². The van der Waals surface area contributed by atoms with Gasteiger partial charge in [-0.2, -0.15) is 0 Å². The lowest BCUT2D eigenvalue weighted by Crippen LogP contribution is -2.35. The molecule has 118 valence electrons. The largest absolute Gasteiger partial charge is 0.481 e. The highest BCUT2D eigenvalue weighted by Gasteiger charge is 2.21. The molecule has 0 spiro atoms. The quantitative estimate of drug-likeness (QED) is 0.797. The van der Waals surface area contributed by atoms with Gasteiger partial charge in [0, 0.05) is 24.9 Å². The molecule has 0 radical (unpaired) electrons. The number of aryl methyl sites for hydroxylation is 1. The summed E-state index contributed by atoms with van der Waals surface area (Å²) in [5, 5.41) is 12.2. The summed E-state index contributed by atoms with van der Waals surface area (Å²) in [5.41, 5.74) is 1.19. The van der Waals surface area contributed by atoms with E-state index in [1.807, 2.05) is 0 Å². The van der Waals surface area contributed by atoms with Gasteiger partial charge in [0.05, 0.1) is 10.7 Å². The third kappa shape index (κ3) is 5.75. The number of hydrogen-bond donors (Lipinski definition) is 1. The van der Waals surface area contributed by atoms with Gasteiger partial charge in [0.15, 0.2) is 0 Å². The Hall–Kier alpha value is -0.940. The fourth-order valence-corrected chi connectivity index (χ4v) is 3.78. The highest BCUT2D eigenvalue weighted by molar-refractivity contribution is 7.09. The van der Waals surface area contributed by atoms with Gasteiger partial charge in [-0.3, -0.25) is 9.69 Å². The van der Waals surface area contributed by atoms with Crippen molar-refractivity contribution < 1.29 is 9.90 Å². The number of nitrogens with zero attached hydrogens (tertiary/aromatic N) is 2. The van der Waals surface area contributed by atoms with Crippen LogP contribution in [0.3, 0.4) is 0 Å². The van der Waals surface area contributed by atoms with Gasteiger partial charge in [-0.1, -0.05) is 13.3 Å². The van der Waals surface area contributed by atoms with Crippen LogP contribution in [-0.2, 0) is 17.8 Å². The van der Waals surface area contributed by atoms with Gasteiger partial charge >= 0.3 is 5.97 Å². The van der Waals surface area contributed by atoms with Crippen LogP contribution in [0.25, 0.3) is 0 Å². The van der Waals surface area contributed by atoms with Crippen LogP contribution < -0.4 is 0 Å². The topological polar surface area (TPSA) is 53.4 Å². The molecule has 2 heterocycles. The molecule has 0 bridgehead atoms. The van der Waals surface area contributed by atoms with Gasteiger partial charge in [0.1, 0.15) is 0 Å². The lowest BCUT2D eigenvalue weighted by molar-refractivity contribution is -0.137. The molecule has 5 heteroatoms. The Morgan fingerprint density at radius 3 is 3.19 bits per heavy atom. The number of piperidine rings is 1. The first-order chi connectivity index (χ1) is 10.2. The van der Waals surface area contributed by atoms with E-state index >= 15 is 0 Å². The molecule has 1 aliphatic rings. The smallest absolute Gasteiger partial charge is 0.303 e. The first-order valence-corrected chi connectivity index (χ1v) is 8.92. The summed E-state index contributed by atoms with van der Waals surface area (Å²) in [6.07, 6.45) is 6.99. The van der Waals surface area contributed by atoms with E-state index in [0.29, 0.717) is 12.3 Å². The van der Waals surface area contributed by atoms with Crippen LogP contribution in [0, 0.1) is 5.92 Å². The molecule has 1 unspecified atom stereocenters. The number of unbranched alkanes of at least 4 members (excludes halogenated alkanes) is 1. The number of likely N-dealkylation sites (tertiary alicyclic amines) is 1. The predicted octanol–water partition coefficient (Wildman–Crippen LogP) is 3.56. The number of aliphatic carboxylic acids is 1. The first-order valence-electron chi connectivity index (χ1n) is 8.04. The van der Waals surface area contributed by atoms with Crippen molar-refractivity contribution in [1.29, 1.82) is 0 Å². The van der Waals surface area contributed by atoms with Gasteiger partial charge in [-0.25, -0.2) is 4.98 Å². The molecule has 0 aromatic carbocycles. The van der Waals surface area contributed by atoms with E-state index in [2.05, 4.69) is 17.2 Å². The molecule has 1 N–H and O–H groups in total. The molecule has 1 aromatic rings. The maximum absolute atomic E-state index is 10.7. The number of carboxylic acids is 1. The average Bonchev–Trinajstić information content (AvgIpc) is 2.91. The fraction of sp³-hybridized carbons (Fsp3) is 0.750. The Kier molecular flexibility index (Phi) is 6.64. The van der Waals surface area contributed by atoms with Gasteiger partial charge in [0.2, 0.25) is 0 Å². The van der Waals surface area contributed by atoms with Crippen molar-refractivity contribution in [2.24, 2.45) is 5.92 Å². The van der Waals surface area contributed by atoms with Gasteiger partial charge < -0.3 is 5.11 Å². The van der Waals surface area contributed by atoms with Crippen molar-refractivity contribution >= 4 is 17.3 Å². The summed E-state index contributed by atoms with van der Waals surface area (Å²) in [4.78, 5) is 17.8. The van der Waals surface area contributed by atoms with Crippen LogP contribution in [0.5, 0.6) is 0 Å². The second-order valence-corrected chi connectivity index (χ2v) is 6.95. The van der Waals surface area contributed by atoms with Crippen LogP contribution >= 0.6 is 11.3 Å². The second-order valence-electron chi connectivity index (χ2n) is 6.01. The van der Waals surface area contributed by atoms with Crippen LogP contribution in [0.4, 0.5) is 0 Å². The summed E-state index contributed by atoms with van der Waals surface area (Å²) < 4.78 is 0. The SMILES string of the molecule is CCCCc1nc(CN2CCCC(CCC(=O)O)C2)cs1. The minimum absolute atomic E-state index is 0.302. The molecule has 1 aromatic heterocycles. The Morgan fingerprint density at radius 1 is 1.57 bits per heavy atom. The zero-order valence-corrected chi connectivity index (χ0v) is 13.7. The van der Waals surface area contributed by atoms with Crippen LogP contribution in [0.2, 0.25) is 0 Å². The van der Waals surface area contributed by atoms with E-state index in [0.717, 1.165) is 32.5 Å². The third-order valence-corrected chi connectivity index (χ3v) is 5.06. The molecule has 0 amide bonds. The molecule has 21 heavy (non-hydrogen) atoms. The molecule has 4 nitrogen and oxygen atoms in total. The average molecular weight is 310 g/mol. The molecular formula is C16H26N2O2S.